The van der Waals surface area contributed by atoms with E-state index in [-0.39, 0.29) is 36.7 Å². The summed E-state index contributed by atoms with van der Waals surface area (Å²) in [7, 11) is 1.50. The SMILES string of the molecule is CCCCCNC(=O)CCCC(=O)Nc1ccc2c(c1)C(COC(=O)NC)c1cccc(C(=O)NCCC)c1-2. The van der Waals surface area contributed by atoms with E-state index in [2.05, 4.69) is 28.2 Å². The third-order valence-corrected chi connectivity index (χ3v) is 6.73. The van der Waals surface area contributed by atoms with Crippen LogP contribution in [0.15, 0.2) is 36.4 Å². The van der Waals surface area contributed by atoms with E-state index in [0.29, 0.717) is 37.2 Å². The van der Waals surface area contributed by atoms with Gasteiger partial charge in [0.15, 0.2) is 0 Å². The summed E-state index contributed by atoms with van der Waals surface area (Å²) in [6.07, 6.45) is 4.42. The fourth-order valence-corrected chi connectivity index (χ4v) is 4.74. The minimum absolute atomic E-state index is 0.0352. The van der Waals surface area contributed by atoms with Crippen molar-refractivity contribution in [1.82, 2.24) is 16.0 Å². The van der Waals surface area contributed by atoms with Crippen molar-refractivity contribution in [3.63, 3.8) is 0 Å². The molecular formula is C30H40N4O5. The number of hydrogen-bond acceptors (Lipinski definition) is 5. The maximum atomic E-state index is 12.9. The third-order valence-electron chi connectivity index (χ3n) is 6.73. The highest BCUT2D eigenvalue weighted by atomic mass is 16.5. The number of benzene rings is 2. The van der Waals surface area contributed by atoms with E-state index in [4.69, 9.17) is 4.74 Å². The second-order valence-corrected chi connectivity index (χ2v) is 9.69. The largest absolute Gasteiger partial charge is 0.449 e. The molecule has 1 aliphatic rings. The summed E-state index contributed by atoms with van der Waals surface area (Å²) >= 11 is 0. The number of carbonyl (C=O) groups excluding carboxylic acids is 4. The lowest BCUT2D eigenvalue weighted by molar-refractivity contribution is -0.121. The Morgan fingerprint density at radius 2 is 1.64 bits per heavy atom. The van der Waals surface area contributed by atoms with Crippen molar-refractivity contribution in [1.29, 1.82) is 0 Å². The predicted molar refractivity (Wildman–Crippen MR) is 152 cm³/mol. The first-order chi connectivity index (χ1) is 18.9. The molecule has 1 aliphatic carbocycles. The van der Waals surface area contributed by atoms with Gasteiger partial charge in [-0.1, -0.05) is 44.9 Å². The number of ether oxygens (including phenoxy) is 1. The number of alkyl carbamates (subject to hydrolysis) is 1. The van der Waals surface area contributed by atoms with Gasteiger partial charge in [0, 0.05) is 50.1 Å². The molecule has 9 heteroatoms. The van der Waals surface area contributed by atoms with E-state index >= 15 is 0 Å². The van der Waals surface area contributed by atoms with Gasteiger partial charge in [-0.3, -0.25) is 14.4 Å². The van der Waals surface area contributed by atoms with Crippen molar-refractivity contribution in [3.8, 4) is 11.1 Å². The van der Waals surface area contributed by atoms with Gasteiger partial charge in [0.25, 0.3) is 5.91 Å². The molecule has 0 heterocycles. The van der Waals surface area contributed by atoms with Gasteiger partial charge >= 0.3 is 6.09 Å². The van der Waals surface area contributed by atoms with Crippen molar-refractivity contribution in [2.24, 2.45) is 0 Å². The van der Waals surface area contributed by atoms with Crippen molar-refractivity contribution >= 4 is 29.5 Å². The van der Waals surface area contributed by atoms with Gasteiger partial charge in [0.05, 0.1) is 0 Å². The van der Waals surface area contributed by atoms with E-state index in [1.807, 2.05) is 37.3 Å². The van der Waals surface area contributed by atoms with E-state index in [0.717, 1.165) is 47.9 Å². The molecule has 0 saturated carbocycles. The molecule has 0 aliphatic heterocycles. The number of hydrogen-bond donors (Lipinski definition) is 4. The number of rotatable bonds is 14. The maximum Gasteiger partial charge on any atom is 0.406 e. The van der Waals surface area contributed by atoms with Crippen LogP contribution in [0.4, 0.5) is 10.5 Å². The van der Waals surface area contributed by atoms with Gasteiger partial charge in [0.1, 0.15) is 6.61 Å². The van der Waals surface area contributed by atoms with Crippen molar-refractivity contribution in [3.05, 3.63) is 53.1 Å². The lowest BCUT2D eigenvalue weighted by atomic mass is 9.96. The van der Waals surface area contributed by atoms with E-state index in [1.54, 1.807) is 6.07 Å². The zero-order chi connectivity index (χ0) is 28.2. The molecule has 2 aromatic rings. The average molecular weight is 537 g/mol. The number of nitrogens with one attached hydrogen (secondary N) is 4. The van der Waals surface area contributed by atoms with Crippen molar-refractivity contribution in [2.45, 2.75) is 64.7 Å². The molecule has 0 aromatic heterocycles. The summed E-state index contributed by atoms with van der Waals surface area (Å²) in [5.41, 5.74) is 4.62. The van der Waals surface area contributed by atoms with Crippen LogP contribution >= 0.6 is 0 Å². The summed E-state index contributed by atoms with van der Waals surface area (Å²) in [4.78, 5) is 49.4. The molecule has 39 heavy (non-hydrogen) atoms. The van der Waals surface area contributed by atoms with Gasteiger partial charge in [-0.2, -0.15) is 0 Å². The normalized spacial score (nSPS) is 13.2. The third kappa shape index (κ3) is 8.05. The minimum Gasteiger partial charge on any atom is -0.449 e. The topological polar surface area (TPSA) is 126 Å². The monoisotopic (exact) mass is 536 g/mol. The van der Waals surface area contributed by atoms with Gasteiger partial charge < -0.3 is 26.0 Å². The molecule has 1 unspecified atom stereocenters. The molecule has 9 nitrogen and oxygen atoms in total. The van der Waals surface area contributed by atoms with Gasteiger partial charge in [-0.05, 0) is 59.7 Å². The molecule has 4 amide bonds. The number of fused-ring (bicyclic) bond motifs is 3. The van der Waals surface area contributed by atoms with Crippen LogP contribution in [-0.2, 0) is 14.3 Å². The van der Waals surface area contributed by atoms with Crippen LogP contribution in [0, 0.1) is 0 Å². The molecule has 0 bridgehead atoms. The van der Waals surface area contributed by atoms with Crippen LogP contribution in [0.5, 0.6) is 0 Å². The Labute approximate surface area is 230 Å². The summed E-state index contributed by atoms with van der Waals surface area (Å²) in [5.74, 6) is -0.659. The van der Waals surface area contributed by atoms with Crippen LogP contribution in [-0.4, -0.2) is 50.6 Å². The molecule has 4 N–H and O–H groups in total. The Kier molecular flexibility index (Phi) is 11.3. The van der Waals surface area contributed by atoms with E-state index in [9.17, 15) is 19.2 Å². The Balaban J connectivity index is 1.73. The Hall–Kier alpha value is -3.88. The molecule has 3 rings (SSSR count). The second-order valence-electron chi connectivity index (χ2n) is 9.69. The number of unbranched alkanes of at least 4 members (excludes halogenated alkanes) is 2. The van der Waals surface area contributed by atoms with Crippen LogP contribution in [0.3, 0.4) is 0 Å². The molecule has 0 spiro atoms. The van der Waals surface area contributed by atoms with Gasteiger partial charge in [0.2, 0.25) is 11.8 Å². The highest BCUT2D eigenvalue weighted by Crippen LogP contribution is 2.47. The fraction of sp³-hybridized carbons (Fsp3) is 0.467. The highest BCUT2D eigenvalue weighted by Gasteiger charge is 2.33. The van der Waals surface area contributed by atoms with Crippen LogP contribution in [0.25, 0.3) is 11.1 Å². The second kappa shape index (κ2) is 14.9. The zero-order valence-electron chi connectivity index (χ0n) is 23.2. The van der Waals surface area contributed by atoms with E-state index < -0.39 is 6.09 Å². The van der Waals surface area contributed by atoms with Gasteiger partial charge in [-0.25, -0.2) is 4.79 Å². The van der Waals surface area contributed by atoms with Crippen molar-refractivity contribution < 1.29 is 23.9 Å². The molecule has 0 radical (unpaired) electrons. The quantitative estimate of drug-likeness (QED) is 0.260. The standard InChI is InChI=1S/C30H40N4O5/c1-4-6-7-17-32-26(35)12-9-13-27(36)34-20-14-15-22-24(18-20)25(19-39-30(38)31-3)21-10-8-11-23(28(21)22)29(37)33-16-5-2/h8,10-11,14-15,18,25H,4-7,9,12-13,16-17,19H2,1-3H3,(H,31,38)(H,32,35)(H,33,37)(H,34,36). The first-order valence-corrected chi connectivity index (χ1v) is 13.9. The van der Waals surface area contributed by atoms with Crippen LogP contribution in [0.1, 0.15) is 86.2 Å². The Morgan fingerprint density at radius 1 is 0.846 bits per heavy atom. The first-order valence-electron chi connectivity index (χ1n) is 13.9. The van der Waals surface area contributed by atoms with E-state index in [1.165, 1.54) is 7.05 Å². The van der Waals surface area contributed by atoms with Gasteiger partial charge in [-0.15, -0.1) is 0 Å². The summed E-state index contributed by atoms with van der Waals surface area (Å²) in [6, 6.07) is 11.1. The number of carbonyl (C=O) groups is 4. The van der Waals surface area contributed by atoms with Crippen molar-refractivity contribution in [2.75, 3.05) is 32.1 Å². The maximum absolute atomic E-state index is 12.9. The fourth-order valence-electron chi connectivity index (χ4n) is 4.74. The molecule has 210 valence electrons. The Bertz CT molecular complexity index is 1180. The number of amides is 4. The molecule has 2 aromatic carbocycles. The molecule has 1 atom stereocenters. The number of anilines is 1. The lowest BCUT2D eigenvalue weighted by Crippen LogP contribution is -2.24. The van der Waals surface area contributed by atoms with Crippen LogP contribution in [0.2, 0.25) is 0 Å². The lowest BCUT2D eigenvalue weighted by Gasteiger charge is -2.15. The minimum atomic E-state index is -0.541. The molecular weight excluding hydrogens is 496 g/mol. The average Bonchev–Trinajstić information content (AvgIpc) is 3.25. The molecule has 0 fully saturated rings. The smallest absolute Gasteiger partial charge is 0.406 e. The zero-order valence-corrected chi connectivity index (χ0v) is 23.2. The summed E-state index contributed by atoms with van der Waals surface area (Å²) < 4.78 is 5.42. The highest BCUT2D eigenvalue weighted by molar-refractivity contribution is 6.04. The first kappa shape index (κ1) is 29.7. The Morgan fingerprint density at radius 3 is 2.38 bits per heavy atom. The van der Waals surface area contributed by atoms with Crippen LogP contribution < -0.4 is 21.3 Å². The summed E-state index contributed by atoms with van der Waals surface area (Å²) in [5, 5.41) is 11.2. The molecule has 0 saturated heterocycles. The predicted octanol–water partition coefficient (Wildman–Crippen LogP) is 4.71. The summed E-state index contributed by atoms with van der Waals surface area (Å²) in [6.45, 7) is 5.44.